The summed E-state index contributed by atoms with van der Waals surface area (Å²) >= 11 is 6.13. The van der Waals surface area contributed by atoms with E-state index in [9.17, 15) is 22.8 Å². The van der Waals surface area contributed by atoms with Gasteiger partial charge in [0.25, 0.3) is 5.56 Å². The van der Waals surface area contributed by atoms with Crippen molar-refractivity contribution in [1.29, 1.82) is 0 Å². The third kappa shape index (κ3) is 5.12. The van der Waals surface area contributed by atoms with E-state index in [0.29, 0.717) is 35.3 Å². The number of alkyl halides is 3. The van der Waals surface area contributed by atoms with E-state index >= 15 is 0 Å². The zero-order chi connectivity index (χ0) is 24.5. The summed E-state index contributed by atoms with van der Waals surface area (Å²) in [5.41, 5.74) is -0.0702. The van der Waals surface area contributed by atoms with Gasteiger partial charge < -0.3 is 10.3 Å². The second-order valence-corrected chi connectivity index (χ2v) is 8.09. The number of amides is 1. The van der Waals surface area contributed by atoms with Crippen LogP contribution >= 0.6 is 11.6 Å². The quantitative estimate of drug-likeness (QED) is 0.396. The maximum atomic E-state index is 13.2. The van der Waals surface area contributed by atoms with E-state index in [4.69, 9.17) is 11.6 Å². The summed E-state index contributed by atoms with van der Waals surface area (Å²) in [5, 5.41) is 7.40. The number of carbonyl (C=O) groups excluding carboxylic acids is 1. The highest BCUT2D eigenvalue weighted by Crippen LogP contribution is 2.34. The molecule has 1 amide bonds. The van der Waals surface area contributed by atoms with E-state index in [-0.39, 0.29) is 34.4 Å². The van der Waals surface area contributed by atoms with E-state index in [1.807, 2.05) is 0 Å². The van der Waals surface area contributed by atoms with Gasteiger partial charge in [-0.2, -0.15) is 18.3 Å². The predicted molar refractivity (Wildman–Crippen MR) is 122 cm³/mol. The lowest BCUT2D eigenvalue weighted by Crippen LogP contribution is -2.16. The molecule has 0 saturated heterocycles. The Labute approximate surface area is 196 Å². The lowest BCUT2D eigenvalue weighted by Gasteiger charge is -2.13. The fourth-order valence-corrected chi connectivity index (χ4v) is 3.70. The number of carbonyl (C=O) groups is 1. The van der Waals surface area contributed by atoms with Crippen LogP contribution in [-0.4, -0.2) is 25.7 Å². The van der Waals surface area contributed by atoms with Crippen LogP contribution in [0.2, 0.25) is 5.02 Å². The molecule has 0 aliphatic heterocycles. The number of rotatable bonds is 6. The van der Waals surface area contributed by atoms with E-state index < -0.39 is 11.7 Å². The van der Waals surface area contributed by atoms with Gasteiger partial charge in [0, 0.05) is 18.9 Å². The fraction of sp³-hybridized carbons (Fsp3) is 0.217. The molecule has 0 atom stereocenters. The molecule has 0 aliphatic carbocycles. The number of anilines is 1. The van der Waals surface area contributed by atoms with Gasteiger partial charge in [-0.3, -0.25) is 9.59 Å². The van der Waals surface area contributed by atoms with Crippen molar-refractivity contribution in [1.82, 2.24) is 19.7 Å². The van der Waals surface area contributed by atoms with Gasteiger partial charge in [0.15, 0.2) is 0 Å². The Kier molecular flexibility index (Phi) is 6.43. The molecule has 0 bridgehead atoms. The minimum Gasteiger partial charge on any atom is -0.311 e. The Balaban J connectivity index is 1.46. The van der Waals surface area contributed by atoms with Crippen LogP contribution in [0.5, 0.6) is 0 Å². The van der Waals surface area contributed by atoms with Crippen LogP contribution < -0.4 is 10.9 Å². The predicted octanol–water partition coefficient (Wildman–Crippen LogP) is 5.05. The zero-order valence-electron chi connectivity index (χ0n) is 17.9. The number of nitrogens with one attached hydrogen (secondary N) is 2. The Bertz CT molecular complexity index is 1430. The van der Waals surface area contributed by atoms with Crippen LogP contribution in [0.25, 0.3) is 16.6 Å². The van der Waals surface area contributed by atoms with Crippen molar-refractivity contribution in [2.45, 2.75) is 32.4 Å². The van der Waals surface area contributed by atoms with E-state index in [1.54, 1.807) is 31.2 Å². The molecule has 4 aromatic rings. The van der Waals surface area contributed by atoms with E-state index in [0.717, 1.165) is 18.2 Å². The number of hydrogen-bond donors (Lipinski definition) is 2. The first-order chi connectivity index (χ1) is 16.1. The van der Waals surface area contributed by atoms with Gasteiger partial charge in [0.2, 0.25) is 5.91 Å². The normalized spacial score (nSPS) is 11.7. The van der Waals surface area contributed by atoms with E-state index in [1.165, 1.54) is 10.7 Å². The van der Waals surface area contributed by atoms with E-state index in [2.05, 4.69) is 20.4 Å². The molecule has 2 aromatic heterocycles. The largest absolute Gasteiger partial charge is 0.416 e. The number of aromatic amines is 1. The minimum atomic E-state index is -4.55. The van der Waals surface area contributed by atoms with Crippen LogP contribution in [0.15, 0.2) is 53.3 Å². The number of aromatic nitrogens is 4. The SMILES string of the molecule is Cc1cc(NC(=O)CCCc2nc3ccccc3c(=O)[nH]2)n(-c2cc(C(F)(F)F)ccc2Cl)n1. The van der Waals surface area contributed by atoms with Gasteiger partial charge in [0.1, 0.15) is 11.6 Å². The maximum Gasteiger partial charge on any atom is 0.416 e. The number of hydrogen-bond acceptors (Lipinski definition) is 4. The second-order valence-electron chi connectivity index (χ2n) is 7.68. The highest BCUT2D eigenvalue weighted by molar-refractivity contribution is 6.32. The first-order valence-corrected chi connectivity index (χ1v) is 10.7. The molecule has 0 saturated carbocycles. The summed E-state index contributed by atoms with van der Waals surface area (Å²) in [6.07, 6.45) is -3.70. The Hall–Kier alpha value is -3.66. The minimum absolute atomic E-state index is 0.00201. The Morgan fingerprint density at radius 2 is 1.94 bits per heavy atom. The average molecular weight is 490 g/mol. The molecule has 4 rings (SSSR count). The van der Waals surface area contributed by atoms with Crippen LogP contribution in [0.4, 0.5) is 19.0 Å². The molecule has 0 unspecified atom stereocenters. The van der Waals surface area contributed by atoms with Gasteiger partial charge in [-0.25, -0.2) is 9.67 Å². The third-order valence-electron chi connectivity index (χ3n) is 5.08. The number of H-pyrrole nitrogens is 1. The maximum absolute atomic E-state index is 13.2. The molecule has 176 valence electrons. The zero-order valence-corrected chi connectivity index (χ0v) is 18.7. The lowest BCUT2D eigenvalue weighted by molar-refractivity contribution is -0.137. The van der Waals surface area contributed by atoms with Gasteiger partial charge in [-0.05, 0) is 43.7 Å². The number of halogens is 4. The summed E-state index contributed by atoms with van der Waals surface area (Å²) in [6.45, 7) is 1.65. The highest BCUT2D eigenvalue weighted by atomic mass is 35.5. The van der Waals surface area contributed by atoms with Gasteiger partial charge in [-0.1, -0.05) is 23.7 Å². The summed E-state index contributed by atoms with van der Waals surface area (Å²) in [4.78, 5) is 31.8. The monoisotopic (exact) mass is 489 g/mol. The molecule has 11 heteroatoms. The molecule has 0 spiro atoms. The number of aryl methyl sites for hydroxylation is 2. The first-order valence-electron chi connectivity index (χ1n) is 10.3. The van der Waals surface area contributed by atoms with Crippen LogP contribution in [-0.2, 0) is 17.4 Å². The van der Waals surface area contributed by atoms with Gasteiger partial charge >= 0.3 is 6.18 Å². The molecular weight excluding hydrogens is 471 g/mol. The van der Waals surface area contributed by atoms with Crippen molar-refractivity contribution < 1.29 is 18.0 Å². The number of nitrogens with zero attached hydrogens (tertiary/aromatic N) is 3. The Morgan fingerprint density at radius 1 is 1.18 bits per heavy atom. The smallest absolute Gasteiger partial charge is 0.311 e. The molecule has 7 nitrogen and oxygen atoms in total. The second kappa shape index (κ2) is 9.30. The summed E-state index contributed by atoms with van der Waals surface area (Å²) in [7, 11) is 0. The number of para-hydroxylation sites is 1. The highest BCUT2D eigenvalue weighted by Gasteiger charge is 2.31. The summed E-state index contributed by atoms with van der Waals surface area (Å²) in [5.74, 6) is 0.293. The van der Waals surface area contributed by atoms with Crippen molar-refractivity contribution in [2.24, 2.45) is 0 Å². The third-order valence-corrected chi connectivity index (χ3v) is 5.40. The van der Waals surface area contributed by atoms with Crippen molar-refractivity contribution in [2.75, 3.05) is 5.32 Å². The average Bonchev–Trinajstić information content (AvgIpc) is 3.13. The topological polar surface area (TPSA) is 92.7 Å². The first kappa shape index (κ1) is 23.5. The van der Waals surface area contributed by atoms with Crippen molar-refractivity contribution in [3.05, 3.63) is 81.0 Å². The van der Waals surface area contributed by atoms with Crippen molar-refractivity contribution in [3.8, 4) is 5.69 Å². The van der Waals surface area contributed by atoms with Crippen molar-refractivity contribution in [3.63, 3.8) is 0 Å². The molecule has 34 heavy (non-hydrogen) atoms. The number of benzene rings is 2. The molecular formula is C23H19ClF3N5O2. The standard InChI is InChI=1S/C23H19ClF3N5O2/c1-13-11-20(32(31-13)18-12-14(23(25,26)27)9-10-16(18)24)30-21(33)8-4-7-19-28-17-6-3-2-5-15(17)22(34)29-19/h2-3,5-6,9-12H,4,7-8H2,1H3,(H,30,33)(H,28,29,34). The number of fused-ring (bicyclic) bond motifs is 1. The molecule has 0 aliphatic rings. The van der Waals surface area contributed by atoms with Gasteiger partial charge in [-0.15, -0.1) is 0 Å². The molecule has 2 N–H and O–H groups in total. The summed E-state index contributed by atoms with van der Waals surface area (Å²) < 4.78 is 40.6. The summed E-state index contributed by atoms with van der Waals surface area (Å²) in [6, 6.07) is 11.4. The Morgan fingerprint density at radius 3 is 2.71 bits per heavy atom. The molecule has 2 aromatic carbocycles. The van der Waals surface area contributed by atoms with Gasteiger partial charge in [0.05, 0.1) is 32.9 Å². The lowest BCUT2D eigenvalue weighted by atomic mass is 10.2. The molecule has 2 heterocycles. The fourth-order valence-electron chi connectivity index (χ4n) is 3.50. The molecule has 0 fully saturated rings. The molecule has 0 radical (unpaired) electrons. The van der Waals surface area contributed by atoms with Crippen LogP contribution in [0.1, 0.15) is 29.9 Å². The van der Waals surface area contributed by atoms with Crippen molar-refractivity contribution >= 4 is 34.2 Å². The van der Waals surface area contributed by atoms with Crippen LogP contribution in [0, 0.1) is 6.92 Å². The van der Waals surface area contributed by atoms with Crippen LogP contribution in [0.3, 0.4) is 0 Å².